The van der Waals surface area contributed by atoms with Crippen molar-refractivity contribution in [3.63, 3.8) is 0 Å². The predicted octanol–water partition coefficient (Wildman–Crippen LogP) is 12.8. The molecule has 3 aliphatic rings. The average Bonchev–Trinajstić information content (AvgIpc) is 3.55. The summed E-state index contributed by atoms with van der Waals surface area (Å²) < 4.78 is 52.4. The smallest absolute Gasteiger partial charge is 0.490 e. The lowest BCUT2D eigenvalue weighted by molar-refractivity contribution is -0.137. The molecule has 1 heterocycles. The second-order valence-corrected chi connectivity index (χ2v) is 23.4. The predicted molar refractivity (Wildman–Crippen MR) is 290 cm³/mol. The van der Waals surface area contributed by atoms with E-state index in [1.54, 1.807) is 12.1 Å². The van der Waals surface area contributed by atoms with E-state index in [2.05, 4.69) is 103 Å². The number of aldehydes is 1. The Morgan fingerprint density at radius 3 is 1.67 bits per heavy atom. The van der Waals surface area contributed by atoms with E-state index >= 15 is 0 Å². The molecule has 4 aromatic rings. The van der Waals surface area contributed by atoms with E-state index in [-0.39, 0.29) is 55.2 Å². The first-order chi connectivity index (χ1) is 34.2. The van der Waals surface area contributed by atoms with Crippen molar-refractivity contribution in [3.8, 4) is 22.6 Å². The second kappa shape index (κ2) is 27.7. The third-order valence-corrected chi connectivity index (χ3v) is 14.8. The zero-order chi connectivity index (χ0) is 54.1. The van der Waals surface area contributed by atoms with Crippen LogP contribution in [-0.4, -0.2) is 72.1 Å². The lowest BCUT2D eigenvalue weighted by Gasteiger charge is -2.37. The molecule has 0 radical (unpaired) electrons. The molecular formula is C58H80BBrF2N2O9. The molecule has 73 heavy (non-hydrogen) atoms. The van der Waals surface area contributed by atoms with Crippen LogP contribution in [0.5, 0.6) is 11.5 Å². The zero-order valence-electron chi connectivity index (χ0n) is 44.7. The topological polar surface area (TPSA) is 167 Å². The van der Waals surface area contributed by atoms with Gasteiger partial charge >= 0.3 is 19.1 Å². The van der Waals surface area contributed by atoms with E-state index in [1.807, 2.05) is 42.5 Å². The summed E-state index contributed by atoms with van der Waals surface area (Å²) in [5.74, 6) is 0.841. The van der Waals surface area contributed by atoms with E-state index in [0.717, 1.165) is 65.6 Å². The number of carboxylic acid groups (broad SMARTS) is 2. The summed E-state index contributed by atoms with van der Waals surface area (Å²) in [7, 11) is -0.333. The molecule has 2 saturated carbocycles. The van der Waals surface area contributed by atoms with Gasteiger partial charge in [0.25, 0.3) is 0 Å². The highest BCUT2D eigenvalue weighted by Crippen LogP contribution is 2.41. The van der Waals surface area contributed by atoms with Gasteiger partial charge in [-0.15, -0.1) is 0 Å². The van der Waals surface area contributed by atoms with Crippen LogP contribution in [0, 0.1) is 34.3 Å². The van der Waals surface area contributed by atoms with Gasteiger partial charge in [0, 0.05) is 29.7 Å². The molecule has 400 valence electrons. The third kappa shape index (κ3) is 19.8. The standard InChI is InChI=1S/C26H34FNO3.C22H35BO3.C7H4BrFO.C3H7NO2/c1-26(2,3)21-8-10-22(11-9-21)31-23-6-4-5-18(16-23)19-7-12-24(27)20(15-19)17-28-14-13-25(29)30;1-20(2,3)16-11-13-18(14-12-16)24-19-10-8-9-17(15-19)23-25-21(4,5)22(6,7)26-23;8-6-1-2-7(9)5(3-6)4-10;4-2-1-3(5)6/h4-7,12,15-16,21-22,28H,8-11,13-14,17H2,1-3H3,(H,29,30);8-10,15-16,18H,11-14H2,1-7H3;1-4H;1-2,4H2,(H,5,6). The molecule has 1 aliphatic heterocycles. The van der Waals surface area contributed by atoms with Gasteiger partial charge in [-0.05, 0) is 173 Å². The fourth-order valence-corrected chi connectivity index (χ4v) is 9.36. The minimum Gasteiger partial charge on any atom is -0.490 e. The molecule has 5 N–H and O–H groups in total. The Labute approximate surface area is 442 Å². The molecule has 11 nitrogen and oxygen atoms in total. The van der Waals surface area contributed by atoms with Crippen molar-refractivity contribution < 1.29 is 52.2 Å². The fraction of sp³-hybridized carbons (Fsp3) is 0.534. The maximum absolute atomic E-state index is 14.2. The van der Waals surface area contributed by atoms with Gasteiger partial charge in [-0.3, -0.25) is 14.4 Å². The molecule has 1 saturated heterocycles. The van der Waals surface area contributed by atoms with Crippen LogP contribution in [0.2, 0.25) is 0 Å². The molecule has 15 heteroatoms. The van der Waals surface area contributed by atoms with Gasteiger partial charge in [-0.2, -0.15) is 0 Å². The minimum absolute atomic E-state index is 0.0123. The number of carboxylic acids is 2. The van der Waals surface area contributed by atoms with Crippen molar-refractivity contribution in [1.29, 1.82) is 0 Å². The minimum atomic E-state index is -0.870. The Morgan fingerprint density at radius 1 is 0.712 bits per heavy atom. The summed E-state index contributed by atoms with van der Waals surface area (Å²) >= 11 is 3.11. The first-order valence-corrected chi connectivity index (χ1v) is 26.4. The lowest BCUT2D eigenvalue weighted by atomic mass is 9.72. The van der Waals surface area contributed by atoms with Crippen LogP contribution in [0.15, 0.2) is 89.4 Å². The molecule has 0 unspecified atom stereocenters. The molecule has 3 fully saturated rings. The van der Waals surface area contributed by atoms with E-state index in [1.165, 1.54) is 43.9 Å². The highest BCUT2D eigenvalue weighted by molar-refractivity contribution is 9.10. The van der Waals surface area contributed by atoms with Crippen molar-refractivity contribution >= 4 is 46.7 Å². The Morgan fingerprint density at radius 2 is 1.21 bits per heavy atom. The Hall–Kier alpha value is -4.67. The van der Waals surface area contributed by atoms with Gasteiger partial charge in [0.05, 0.1) is 41.8 Å². The van der Waals surface area contributed by atoms with Crippen molar-refractivity contribution in [2.45, 2.75) is 163 Å². The molecule has 0 amide bonds. The third-order valence-electron chi connectivity index (χ3n) is 14.3. The van der Waals surface area contributed by atoms with Gasteiger partial charge in [-0.25, -0.2) is 8.78 Å². The van der Waals surface area contributed by atoms with Crippen LogP contribution in [-0.2, 0) is 25.4 Å². The summed E-state index contributed by atoms with van der Waals surface area (Å²) in [5, 5.41) is 19.5. The number of ether oxygens (including phenoxy) is 2. The number of hydrogen-bond acceptors (Lipinski definition) is 9. The van der Waals surface area contributed by atoms with Crippen LogP contribution in [0.1, 0.15) is 149 Å². The summed E-state index contributed by atoms with van der Waals surface area (Å²) in [6, 6.07) is 25.5. The van der Waals surface area contributed by atoms with Crippen LogP contribution in [0.4, 0.5) is 8.78 Å². The summed E-state index contributed by atoms with van der Waals surface area (Å²) in [6.45, 7) is 23.2. The molecule has 2 aliphatic carbocycles. The van der Waals surface area contributed by atoms with Gasteiger partial charge in [0.1, 0.15) is 23.1 Å². The van der Waals surface area contributed by atoms with Gasteiger partial charge in [0.15, 0.2) is 6.29 Å². The molecule has 7 rings (SSSR count). The average molecular weight is 1080 g/mol. The number of benzene rings is 4. The molecule has 0 aromatic heterocycles. The Kier molecular flexibility index (Phi) is 23.1. The van der Waals surface area contributed by atoms with Crippen LogP contribution in [0.3, 0.4) is 0 Å². The number of halogens is 3. The van der Waals surface area contributed by atoms with Crippen LogP contribution in [0.25, 0.3) is 11.1 Å². The number of carbonyl (C=O) groups excluding carboxylic acids is 1. The molecule has 4 aromatic carbocycles. The van der Waals surface area contributed by atoms with Crippen molar-refractivity contribution in [1.82, 2.24) is 5.32 Å². The molecule has 0 spiro atoms. The van der Waals surface area contributed by atoms with Gasteiger partial charge in [0.2, 0.25) is 0 Å². The van der Waals surface area contributed by atoms with E-state index in [9.17, 15) is 23.2 Å². The number of rotatable bonds is 14. The monoisotopic (exact) mass is 1080 g/mol. The normalized spacial score (nSPS) is 20.2. The number of hydrogen-bond donors (Lipinski definition) is 4. The maximum atomic E-state index is 14.2. The van der Waals surface area contributed by atoms with Crippen molar-refractivity contribution in [2.75, 3.05) is 13.1 Å². The Balaban J connectivity index is 0.000000245. The first kappa shape index (κ1) is 60.9. The van der Waals surface area contributed by atoms with Crippen molar-refractivity contribution in [3.05, 3.63) is 112 Å². The first-order valence-electron chi connectivity index (χ1n) is 25.6. The van der Waals surface area contributed by atoms with Crippen LogP contribution < -0.4 is 26.0 Å². The number of carbonyl (C=O) groups is 3. The Bertz CT molecular complexity index is 2370. The SMILES string of the molecule is CC(C)(C)C1CCC(Oc2cccc(-c3ccc(F)c(CNCCC(=O)O)c3)c2)CC1.CC(C)(C)C1CCC(Oc2cccc(B3OC(C)(C)C(C)(C)O3)c2)CC1.NCCC(=O)O.O=Cc1cc(Br)ccc1F. The van der Waals surface area contributed by atoms with Crippen LogP contribution >= 0.6 is 15.9 Å². The van der Waals surface area contributed by atoms with E-state index < -0.39 is 17.8 Å². The lowest BCUT2D eigenvalue weighted by Crippen LogP contribution is -2.41. The van der Waals surface area contributed by atoms with E-state index in [0.29, 0.717) is 46.3 Å². The van der Waals surface area contributed by atoms with Gasteiger partial charge in [-0.1, -0.05) is 87.8 Å². The largest absolute Gasteiger partial charge is 0.494 e. The molecule has 0 bridgehead atoms. The summed E-state index contributed by atoms with van der Waals surface area (Å²) in [4.78, 5) is 30.3. The summed E-state index contributed by atoms with van der Waals surface area (Å²) in [5.41, 5.74) is 8.50. The second-order valence-electron chi connectivity index (χ2n) is 22.4. The number of nitrogens with two attached hydrogens (primary N) is 1. The molecular weight excluding hydrogens is 997 g/mol. The number of aliphatic carboxylic acids is 2. The highest BCUT2D eigenvalue weighted by atomic mass is 79.9. The maximum Gasteiger partial charge on any atom is 0.494 e. The molecule has 0 atom stereocenters. The fourth-order valence-electron chi connectivity index (χ4n) is 8.98. The van der Waals surface area contributed by atoms with E-state index in [4.69, 9.17) is 34.7 Å². The zero-order valence-corrected chi connectivity index (χ0v) is 46.3. The summed E-state index contributed by atoms with van der Waals surface area (Å²) in [6.07, 6.45) is 10.5. The van der Waals surface area contributed by atoms with Gasteiger partial charge < -0.3 is 40.0 Å². The quantitative estimate of drug-likeness (QED) is 0.0539. The van der Waals surface area contributed by atoms with Crippen molar-refractivity contribution in [2.24, 2.45) is 28.4 Å². The number of nitrogens with one attached hydrogen (secondary N) is 1. The highest BCUT2D eigenvalue weighted by Gasteiger charge is 2.51.